The predicted octanol–water partition coefficient (Wildman–Crippen LogP) is 5.50. The van der Waals surface area contributed by atoms with Crippen molar-refractivity contribution in [2.45, 2.75) is 82.2 Å². The lowest BCUT2D eigenvalue weighted by atomic mass is 9.98. The van der Waals surface area contributed by atoms with E-state index in [9.17, 15) is 13.2 Å². The number of hydrogen-bond acceptors (Lipinski definition) is 2. The molecule has 0 aromatic carbocycles. The summed E-state index contributed by atoms with van der Waals surface area (Å²) >= 11 is 0.0825. The van der Waals surface area contributed by atoms with E-state index in [4.69, 9.17) is 0 Å². The van der Waals surface area contributed by atoms with Crippen LogP contribution in [0, 0.1) is 0 Å². The van der Waals surface area contributed by atoms with Crippen molar-refractivity contribution < 1.29 is 13.2 Å². The number of rotatable bonds is 4. The molecule has 1 aliphatic carbocycles. The monoisotopic (exact) mass is 311 g/mol. The van der Waals surface area contributed by atoms with Crippen molar-refractivity contribution >= 4 is 11.8 Å². The number of thioether (sulfide) groups is 1. The Kier molecular flexibility index (Phi) is 9.78. The summed E-state index contributed by atoms with van der Waals surface area (Å²) in [5, 5.41) is 3.33. The minimum absolute atomic E-state index is 0.0825. The summed E-state index contributed by atoms with van der Waals surface area (Å²) in [5.74, 6) is 0.125. The second kappa shape index (κ2) is 10.8. The average molecular weight is 311 g/mol. The first-order valence-corrected chi connectivity index (χ1v) is 9.00. The van der Waals surface area contributed by atoms with Gasteiger partial charge in [0, 0.05) is 18.3 Å². The largest absolute Gasteiger partial charge is 0.441 e. The smallest absolute Gasteiger partial charge is 0.313 e. The van der Waals surface area contributed by atoms with Gasteiger partial charge in [-0.15, -0.1) is 0 Å². The van der Waals surface area contributed by atoms with Crippen molar-refractivity contribution in [2.75, 3.05) is 12.3 Å². The Morgan fingerprint density at radius 3 is 1.70 bits per heavy atom. The van der Waals surface area contributed by atoms with Crippen LogP contribution in [0.3, 0.4) is 0 Å². The van der Waals surface area contributed by atoms with Crippen LogP contribution in [0.1, 0.15) is 70.6 Å². The predicted molar refractivity (Wildman–Crippen MR) is 81.1 cm³/mol. The van der Waals surface area contributed by atoms with Crippen LogP contribution in [-0.4, -0.2) is 23.8 Å². The Bertz CT molecular complexity index is 222. The fraction of sp³-hybridized carbons (Fsp3) is 1.00. The van der Waals surface area contributed by atoms with E-state index in [0.717, 1.165) is 12.8 Å². The normalized spacial score (nSPS) is 21.1. The van der Waals surface area contributed by atoms with Crippen molar-refractivity contribution in [3.8, 4) is 0 Å². The van der Waals surface area contributed by atoms with Crippen LogP contribution in [-0.2, 0) is 0 Å². The zero-order valence-electron chi connectivity index (χ0n) is 12.3. The van der Waals surface area contributed by atoms with Crippen LogP contribution in [0.25, 0.3) is 0 Å². The lowest BCUT2D eigenvalue weighted by Gasteiger charge is -2.19. The molecule has 0 amide bonds. The third-order valence-electron chi connectivity index (χ3n) is 3.91. The summed E-state index contributed by atoms with van der Waals surface area (Å²) in [4.78, 5) is 0. The van der Waals surface area contributed by atoms with Gasteiger partial charge in [0.1, 0.15) is 0 Å². The van der Waals surface area contributed by atoms with Gasteiger partial charge in [-0.1, -0.05) is 57.8 Å². The van der Waals surface area contributed by atoms with E-state index >= 15 is 0 Å². The van der Waals surface area contributed by atoms with Crippen LogP contribution >= 0.6 is 11.8 Å². The zero-order chi connectivity index (χ0) is 14.7. The molecule has 120 valence electrons. The van der Waals surface area contributed by atoms with Gasteiger partial charge in [-0.3, -0.25) is 0 Å². The van der Waals surface area contributed by atoms with Crippen molar-refractivity contribution in [3.05, 3.63) is 0 Å². The molecule has 0 radical (unpaired) electrons. The third kappa shape index (κ3) is 10.8. The van der Waals surface area contributed by atoms with Crippen LogP contribution in [0.5, 0.6) is 0 Å². The Morgan fingerprint density at radius 2 is 1.25 bits per heavy atom. The van der Waals surface area contributed by atoms with E-state index in [1.54, 1.807) is 0 Å². The molecule has 1 nitrogen and oxygen atoms in total. The molecule has 1 rings (SSSR count). The van der Waals surface area contributed by atoms with Crippen molar-refractivity contribution in [2.24, 2.45) is 0 Å². The van der Waals surface area contributed by atoms with E-state index in [1.807, 2.05) is 0 Å². The zero-order valence-corrected chi connectivity index (χ0v) is 13.1. The highest BCUT2D eigenvalue weighted by molar-refractivity contribution is 8.00. The van der Waals surface area contributed by atoms with E-state index in [2.05, 4.69) is 5.32 Å². The summed E-state index contributed by atoms with van der Waals surface area (Å²) in [6, 6.07) is 0.420. The van der Waals surface area contributed by atoms with E-state index in [1.165, 1.54) is 57.8 Å². The van der Waals surface area contributed by atoms with Crippen LogP contribution in [0.15, 0.2) is 0 Å². The number of nitrogens with one attached hydrogen (secondary N) is 1. The number of hydrogen-bond donors (Lipinski definition) is 1. The second-order valence-electron chi connectivity index (χ2n) is 5.70. The van der Waals surface area contributed by atoms with Gasteiger partial charge in [0.25, 0.3) is 0 Å². The fourth-order valence-electron chi connectivity index (χ4n) is 2.80. The van der Waals surface area contributed by atoms with E-state index in [0.29, 0.717) is 12.6 Å². The first-order valence-electron chi connectivity index (χ1n) is 8.02. The summed E-state index contributed by atoms with van der Waals surface area (Å²) in [5.41, 5.74) is -4.09. The molecule has 0 atom stereocenters. The van der Waals surface area contributed by atoms with Gasteiger partial charge in [0.05, 0.1) is 0 Å². The molecule has 1 fully saturated rings. The molecule has 1 aliphatic rings. The Labute approximate surface area is 125 Å². The van der Waals surface area contributed by atoms with Crippen molar-refractivity contribution in [1.29, 1.82) is 0 Å². The second-order valence-corrected chi connectivity index (χ2v) is 6.86. The number of halogens is 3. The summed E-state index contributed by atoms with van der Waals surface area (Å²) in [6.45, 7) is 0.467. The van der Waals surface area contributed by atoms with Crippen molar-refractivity contribution in [1.82, 2.24) is 5.32 Å². The molecular weight excluding hydrogens is 283 g/mol. The summed E-state index contributed by atoms with van der Waals surface area (Å²) in [6.07, 6.45) is 13.9. The lowest BCUT2D eigenvalue weighted by molar-refractivity contribution is -0.0327. The van der Waals surface area contributed by atoms with Crippen LogP contribution in [0.4, 0.5) is 13.2 Å². The molecular formula is C15H28F3NS. The quantitative estimate of drug-likeness (QED) is 0.688. The first kappa shape index (κ1) is 18.1. The Balaban J connectivity index is 2.17. The highest BCUT2D eigenvalue weighted by atomic mass is 32.2. The average Bonchev–Trinajstić information content (AvgIpc) is 2.36. The van der Waals surface area contributed by atoms with E-state index < -0.39 is 5.51 Å². The maximum absolute atomic E-state index is 12.1. The van der Waals surface area contributed by atoms with Gasteiger partial charge in [0.15, 0.2) is 0 Å². The molecule has 0 aromatic rings. The first-order chi connectivity index (χ1) is 9.58. The minimum Gasteiger partial charge on any atom is -0.313 e. The standard InChI is InChI=1S/C15H28F3NS/c16-15(17,18)20-13-12-19-14-10-8-6-4-2-1-3-5-7-9-11-14/h14,19H,1-13H2. The van der Waals surface area contributed by atoms with Gasteiger partial charge in [-0.2, -0.15) is 13.2 Å². The molecule has 0 bridgehead atoms. The molecule has 5 heteroatoms. The summed E-state index contributed by atoms with van der Waals surface area (Å²) < 4.78 is 36.2. The van der Waals surface area contributed by atoms with Gasteiger partial charge >= 0.3 is 5.51 Å². The molecule has 0 saturated heterocycles. The fourth-order valence-corrected chi connectivity index (χ4v) is 3.25. The molecule has 0 aliphatic heterocycles. The van der Waals surface area contributed by atoms with Crippen molar-refractivity contribution in [3.63, 3.8) is 0 Å². The van der Waals surface area contributed by atoms with Gasteiger partial charge in [0.2, 0.25) is 0 Å². The molecule has 0 spiro atoms. The maximum Gasteiger partial charge on any atom is 0.441 e. The van der Waals surface area contributed by atoms with Crippen LogP contribution in [0.2, 0.25) is 0 Å². The molecule has 0 aromatic heterocycles. The van der Waals surface area contributed by atoms with Gasteiger partial charge < -0.3 is 5.32 Å². The summed E-state index contributed by atoms with van der Waals surface area (Å²) in [7, 11) is 0. The highest BCUT2D eigenvalue weighted by Gasteiger charge is 2.27. The molecule has 0 heterocycles. The molecule has 0 unspecified atom stereocenters. The SMILES string of the molecule is FC(F)(F)SCCNC1CCCCCCCCCCC1. The molecule has 1 saturated carbocycles. The van der Waals surface area contributed by atoms with Gasteiger partial charge in [-0.05, 0) is 24.6 Å². The van der Waals surface area contributed by atoms with Gasteiger partial charge in [-0.25, -0.2) is 0 Å². The van der Waals surface area contributed by atoms with Crippen LogP contribution < -0.4 is 5.32 Å². The Morgan fingerprint density at radius 1 is 0.800 bits per heavy atom. The lowest BCUT2D eigenvalue weighted by Crippen LogP contribution is -2.31. The van der Waals surface area contributed by atoms with E-state index in [-0.39, 0.29) is 17.5 Å². The number of alkyl halides is 3. The molecule has 20 heavy (non-hydrogen) atoms. The third-order valence-corrected chi connectivity index (χ3v) is 4.64. The molecule has 1 N–H and O–H groups in total. The maximum atomic E-state index is 12.1. The Hall–Kier alpha value is 0.1000. The highest BCUT2D eigenvalue weighted by Crippen LogP contribution is 2.29. The topological polar surface area (TPSA) is 12.0 Å². The minimum atomic E-state index is -4.09.